The summed E-state index contributed by atoms with van der Waals surface area (Å²) in [6, 6.07) is 0.685. The van der Waals surface area contributed by atoms with Gasteiger partial charge in [-0.1, -0.05) is 6.42 Å². The third-order valence-electron chi connectivity index (χ3n) is 4.11. The van der Waals surface area contributed by atoms with Crippen molar-refractivity contribution in [3.63, 3.8) is 0 Å². The number of piperidine rings is 1. The normalized spacial score (nSPS) is 31.2. The number of likely N-dealkylation sites (tertiary alicyclic amines) is 2. The van der Waals surface area contributed by atoms with Crippen LogP contribution in [-0.2, 0) is 4.79 Å². The molecule has 0 bridgehead atoms. The maximum Gasteiger partial charge on any atom is 0.223 e. The van der Waals surface area contributed by atoms with Crippen LogP contribution in [0.2, 0.25) is 0 Å². The molecule has 0 N–H and O–H groups in total. The quantitative estimate of drug-likeness (QED) is 0.720. The number of nitrogens with zero attached hydrogens (tertiary/aromatic N) is 2. The summed E-state index contributed by atoms with van der Waals surface area (Å²) in [4.78, 5) is 16.3. The Morgan fingerprint density at radius 2 is 2.18 bits per heavy atom. The van der Waals surface area contributed by atoms with Gasteiger partial charge >= 0.3 is 0 Å². The molecular formula is C13H23ClN2O. The first-order valence-corrected chi connectivity index (χ1v) is 7.32. The summed E-state index contributed by atoms with van der Waals surface area (Å²) in [6.07, 6.45) is 4.62. The minimum atomic E-state index is 0.292. The maximum atomic E-state index is 11.7. The van der Waals surface area contributed by atoms with Crippen molar-refractivity contribution in [2.45, 2.75) is 38.6 Å². The largest absolute Gasteiger partial charge is 0.341 e. The second-order valence-electron chi connectivity index (χ2n) is 5.44. The second-order valence-corrected chi connectivity index (χ2v) is 5.75. The first-order valence-electron chi connectivity index (χ1n) is 6.78. The summed E-state index contributed by atoms with van der Waals surface area (Å²) in [7, 11) is 0. The van der Waals surface area contributed by atoms with Crippen molar-refractivity contribution in [3.05, 3.63) is 0 Å². The third-order valence-corrected chi connectivity index (χ3v) is 4.55. The molecule has 0 saturated carbocycles. The van der Waals surface area contributed by atoms with Crippen LogP contribution in [0.5, 0.6) is 0 Å². The van der Waals surface area contributed by atoms with Crippen molar-refractivity contribution < 1.29 is 4.79 Å². The van der Waals surface area contributed by atoms with Crippen LogP contribution in [0.4, 0.5) is 0 Å². The fraction of sp³-hybridized carbons (Fsp3) is 0.923. The van der Waals surface area contributed by atoms with Gasteiger partial charge in [0, 0.05) is 38.0 Å². The topological polar surface area (TPSA) is 23.6 Å². The summed E-state index contributed by atoms with van der Waals surface area (Å²) in [5.41, 5.74) is 0. The number of alkyl halides is 1. The number of halogens is 1. The van der Waals surface area contributed by atoms with E-state index < -0.39 is 0 Å². The average Bonchev–Trinajstić information content (AvgIpc) is 2.69. The Hall–Kier alpha value is -0.280. The monoisotopic (exact) mass is 258 g/mol. The lowest BCUT2D eigenvalue weighted by Gasteiger charge is -2.34. The molecule has 0 radical (unpaired) electrons. The van der Waals surface area contributed by atoms with Crippen LogP contribution >= 0.6 is 11.6 Å². The molecule has 3 nitrogen and oxygen atoms in total. The van der Waals surface area contributed by atoms with E-state index in [1.54, 1.807) is 0 Å². The Balaban J connectivity index is 1.76. The first-order chi connectivity index (χ1) is 8.20. The molecule has 0 aliphatic carbocycles. The van der Waals surface area contributed by atoms with Crippen molar-refractivity contribution in [1.82, 2.24) is 9.80 Å². The van der Waals surface area contributed by atoms with Gasteiger partial charge in [-0.2, -0.15) is 0 Å². The highest BCUT2D eigenvalue weighted by atomic mass is 35.5. The molecule has 17 heavy (non-hydrogen) atoms. The molecule has 2 aliphatic rings. The summed E-state index contributed by atoms with van der Waals surface area (Å²) >= 11 is 5.82. The second kappa shape index (κ2) is 6.05. The van der Waals surface area contributed by atoms with Crippen molar-refractivity contribution in [3.8, 4) is 0 Å². The third kappa shape index (κ3) is 3.35. The van der Waals surface area contributed by atoms with Crippen molar-refractivity contribution in [2.75, 3.05) is 32.1 Å². The van der Waals surface area contributed by atoms with Crippen LogP contribution in [0.25, 0.3) is 0 Å². The van der Waals surface area contributed by atoms with E-state index in [0.29, 0.717) is 30.2 Å². The molecule has 4 heteroatoms. The molecule has 0 spiro atoms. The zero-order valence-electron chi connectivity index (χ0n) is 10.7. The Morgan fingerprint density at radius 3 is 2.82 bits per heavy atom. The van der Waals surface area contributed by atoms with E-state index in [1.165, 1.54) is 25.8 Å². The number of hydrogen-bond donors (Lipinski definition) is 0. The lowest BCUT2D eigenvalue weighted by Crippen LogP contribution is -2.42. The molecule has 2 saturated heterocycles. The van der Waals surface area contributed by atoms with Gasteiger partial charge in [-0.25, -0.2) is 0 Å². The highest BCUT2D eigenvalue weighted by Crippen LogP contribution is 2.20. The lowest BCUT2D eigenvalue weighted by molar-refractivity contribution is -0.128. The van der Waals surface area contributed by atoms with Gasteiger partial charge in [-0.15, -0.1) is 11.6 Å². The van der Waals surface area contributed by atoms with E-state index >= 15 is 0 Å². The van der Waals surface area contributed by atoms with Gasteiger partial charge in [0.2, 0.25) is 5.91 Å². The fourth-order valence-electron chi connectivity index (χ4n) is 2.91. The van der Waals surface area contributed by atoms with Gasteiger partial charge in [-0.05, 0) is 32.2 Å². The first kappa shape index (κ1) is 13.2. The van der Waals surface area contributed by atoms with Gasteiger partial charge in [0.1, 0.15) is 0 Å². The minimum absolute atomic E-state index is 0.292. The van der Waals surface area contributed by atoms with Crippen LogP contribution in [-0.4, -0.2) is 53.8 Å². The van der Waals surface area contributed by atoms with Crippen LogP contribution in [0, 0.1) is 5.92 Å². The summed E-state index contributed by atoms with van der Waals surface area (Å²) in [5.74, 6) is 1.28. The van der Waals surface area contributed by atoms with Crippen molar-refractivity contribution in [1.29, 1.82) is 0 Å². The molecule has 2 rings (SSSR count). The van der Waals surface area contributed by atoms with E-state index in [2.05, 4.69) is 11.8 Å². The highest BCUT2D eigenvalue weighted by molar-refractivity contribution is 6.18. The molecule has 2 atom stereocenters. The number of hydrogen-bond acceptors (Lipinski definition) is 2. The van der Waals surface area contributed by atoms with Crippen molar-refractivity contribution in [2.24, 2.45) is 5.92 Å². The predicted molar refractivity (Wildman–Crippen MR) is 70.3 cm³/mol. The molecule has 0 aromatic rings. The Morgan fingerprint density at radius 1 is 1.35 bits per heavy atom. The Bertz CT molecular complexity index is 272. The van der Waals surface area contributed by atoms with Crippen LogP contribution < -0.4 is 0 Å². The van der Waals surface area contributed by atoms with E-state index in [1.807, 2.05) is 4.90 Å². The summed E-state index contributed by atoms with van der Waals surface area (Å²) in [6.45, 7) is 6.28. The molecular weight excluding hydrogens is 236 g/mol. The van der Waals surface area contributed by atoms with Gasteiger partial charge < -0.3 is 4.90 Å². The summed E-state index contributed by atoms with van der Waals surface area (Å²) < 4.78 is 0. The fourth-order valence-corrected chi connectivity index (χ4v) is 3.12. The Labute approximate surface area is 109 Å². The lowest BCUT2D eigenvalue weighted by atomic mass is 10.0. The van der Waals surface area contributed by atoms with E-state index in [-0.39, 0.29) is 0 Å². The molecule has 1 amide bonds. The smallest absolute Gasteiger partial charge is 0.223 e. The number of rotatable bonds is 4. The molecule has 0 aromatic heterocycles. The molecule has 2 unspecified atom stereocenters. The van der Waals surface area contributed by atoms with Crippen molar-refractivity contribution >= 4 is 17.5 Å². The van der Waals surface area contributed by atoms with E-state index in [0.717, 1.165) is 19.6 Å². The molecule has 2 heterocycles. The van der Waals surface area contributed by atoms with Gasteiger partial charge in [0.05, 0.1) is 0 Å². The van der Waals surface area contributed by atoms with Crippen LogP contribution in [0.15, 0.2) is 0 Å². The standard InChI is InChI=1S/C13H23ClN2O/c1-11-4-2-3-5-15(11)6-7-16-10-12(9-14)8-13(16)17/h11-12H,2-10H2,1H3. The minimum Gasteiger partial charge on any atom is -0.341 e. The summed E-state index contributed by atoms with van der Waals surface area (Å²) in [5, 5.41) is 0. The predicted octanol–water partition coefficient (Wildman–Crippen LogP) is 1.95. The molecule has 98 valence electrons. The molecule has 2 aliphatic heterocycles. The van der Waals surface area contributed by atoms with E-state index in [4.69, 9.17) is 11.6 Å². The molecule has 0 aromatic carbocycles. The number of amides is 1. The number of carbonyl (C=O) groups is 1. The van der Waals surface area contributed by atoms with Crippen LogP contribution in [0.3, 0.4) is 0 Å². The van der Waals surface area contributed by atoms with Crippen LogP contribution in [0.1, 0.15) is 32.6 Å². The zero-order chi connectivity index (χ0) is 12.3. The van der Waals surface area contributed by atoms with Gasteiger partial charge in [-0.3, -0.25) is 9.69 Å². The average molecular weight is 259 g/mol. The maximum absolute atomic E-state index is 11.7. The Kier molecular flexibility index (Phi) is 4.69. The number of carbonyl (C=O) groups excluding carboxylic acids is 1. The molecule has 2 fully saturated rings. The SMILES string of the molecule is CC1CCCCN1CCN1CC(CCl)CC1=O. The highest BCUT2D eigenvalue weighted by Gasteiger charge is 2.29. The van der Waals surface area contributed by atoms with Gasteiger partial charge in [0.25, 0.3) is 0 Å². The van der Waals surface area contributed by atoms with Gasteiger partial charge in [0.15, 0.2) is 0 Å². The zero-order valence-corrected chi connectivity index (χ0v) is 11.5. The van der Waals surface area contributed by atoms with E-state index in [9.17, 15) is 4.79 Å².